The molecule has 0 bridgehead atoms. The van der Waals surface area contributed by atoms with E-state index >= 15 is 0 Å². The predicted molar refractivity (Wildman–Crippen MR) is 125 cm³/mol. The first kappa shape index (κ1) is 23.4. The van der Waals surface area contributed by atoms with Crippen LogP contribution in [0.4, 0.5) is 0 Å². The first-order valence-corrected chi connectivity index (χ1v) is 10.9. The summed E-state index contributed by atoms with van der Waals surface area (Å²) in [5.74, 6) is -0.661. The molecule has 7 heteroatoms. The molecule has 170 valence electrons. The molecule has 0 saturated carbocycles. The lowest BCUT2D eigenvalue weighted by Crippen LogP contribution is -2.45. The van der Waals surface area contributed by atoms with Crippen molar-refractivity contribution in [1.29, 1.82) is 0 Å². The van der Waals surface area contributed by atoms with E-state index in [-0.39, 0.29) is 18.2 Å². The summed E-state index contributed by atoms with van der Waals surface area (Å²) < 4.78 is 6.69. The molecule has 0 radical (unpaired) electrons. The van der Waals surface area contributed by atoms with Crippen molar-refractivity contribution in [2.75, 3.05) is 7.11 Å². The minimum absolute atomic E-state index is 0.0526. The molecule has 0 aliphatic rings. The van der Waals surface area contributed by atoms with Crippen molar-refractivity contribution in [2.24, 2.45) is 5.92 Å². The first-order chi connectivity index (χ1) is 15.1. The van der Waals surface area contributed by atoms with Gasteiger partial charge in [-0.15, -0.1) is 0 Å². The van der Waals surface area contributed by atoms with Gasteiger partial charge in [0, 0.05) is 17.5 Å². The number of carbonyl (C=O) groups is 2. The molecular formula is C25H32N4O3. The minimum Gasteiger partial charge on any atom is -0.467 e. The Kier molecular flexibility index (Phi) is 6.96. The molecule has 1 N–H and O–H groups in total. The van der Waals surface area contributed by atoms with E-state index in [1.165, 1.54) is 12.7 Å². The van der Waals surface area contributed by atoms with Crippen molar-refractivity contribution >= 4 is 22.9 Å². The first-order valence-electron chi connectivity index (χ1n) is 10.9. The van der Waals surface area contributed by atoms with E-state index in [0.717, 1.165) is 39.2 Å². The average Bonchev–Trinajstić information content (AvgIpc) is 3.07. The number of aromatic nitrogens is 3. The van der Waals surface area contributed by atoms with E-state index in [1.54, 1.807) is 0 Å². The number of aryl methyl sites for hydroxylation is 4. The van der Waals surface area contributed by atoms with Gasteiger partial charge in [-0.3, -0.25) is 4.79 Å². The Morgan fingerprint density at radius 1 is 1.06 bits per heavy atom. The highest BCUT2D eigenvalue weighted by Crippen LogP contribution is 2.28. The van der Waals surface area contributed by atoms with Gasteiger partial charge in [-0.25, -0.2) is 14.5 Å². The Morgan fingerprint density at radius 2 is 1.72 bits per heavy atom. The van der Waals surface area contributed by atoms with Crippen molar-refractivity contribution in [3.05, 3.63) is 52.3 Å². The molecule has 0 unspecified atom stereocenters. The molecule has 0 aliphatic carbocycles. The number of hydrogen-bond acceptors (Lipinski definition) is 5. The Hall–Kier alpha value is -3.22. The zero-order valence-corrected chi connectivity index (χ0v) is 19.9. The van der Waals surface area contributed by atoms with Crippen LogP contribution in [0.2, 0.25) is 0 Å². The molecule has 32 heavy (non-hydrogen) atoms. The lowest BCUT2D eigenvalue weighted by atomic mass is 9.98. The Morgan fingerprint density at radius 3 is 2.31 bits per heavy atom. The van der Waals surface area contributed by atoms with Crippen LogP contribution < -0.4 is 5.32 Å². The molecule has 3 aromatic rings. The van der Waals surface area contributed by atoms with Crippen molar-refractivity contribution < 1.29 is 14.3 Å². The highest BCUT2D eigenvalue weighted by molar-refractivity contribution is 5.86. The average molecular weight is 437 g/mol. The number of nitrogens with zero attached hydrogens (tertiary/aromatic N) is 3. The van der Waals surface area contributed by atoms with Crippen molar-refractivity contribution in [2.45, 2.75) is 60.4 Å². The molecule has 3 rings (SSSR count). The lowest BCUT2D eigenvalue weighted by Gasteiger charge is -2.20. The molecule has 0 fully saturated rings. The summed E-state index contributed by atoms with van der Waals surface area (Å²) >= 11 is 0. The molecular weight excluding hydrogens is 404 g/mol. The number of esters is 1. The molecule has 0 saturated heterocycles. The molecule has 2 heterocycles. The molecule has 0 spiro atoms. The molecule has 0 aliphatic heterocycles. The smallest absolute Gasteiger partial charge is 0.328 e. The Labute approximate surface area is 189 Å². The maximum Gasteiger partial charge on any atom is 0.328 e. The van der Waals surface area contributed by atoms with E-state index in [4.69, 9.17) is 14.8 Å². The summed E-state index contributed by atoms with van der Waals surface area (Å²) in [5, 5.41) is 8.56. The van der Waals surface area contributed by atoms with Gasteiger partial charge < -0.3 is 10.1 Å². The van der Waals surface area contributed by atoms with E-state index in [9.17, 15) is 9.59 Å². The van der Waals surface area contributed by atoms with Crippen LogP contribution in [0, 0.1) is 33.6 Å². The van der Waals surface area contributed by atoms with Gasteiger partial charge in [0.25, 0.3) is 0 Å². The van der Waals surface area contributed by atoms with Gasteiger partial charge in [0.2, 0.25) is 5.91 Å². The minimum atomic E-state index is -0.648. The molecule has 1 aromatic carbocycles. The number of rotatable bonds is 7. The van der Waals surface area contributed by atoms with Gasteiger partial charge in [-0.2, -0.15) is 5.10 Å². The van der Waals surface area contributed by atoms with Gasteiger partial charge in [0.05, 0.1) is 18.5 Å². The number of pyridine rings is 1. The number of nitrogens with one attached hydrogen (secondary N) is 1. The number of amides is 1. The SMILES string of the molecule is COC(=O)[C@H](NC(=O)CCc1c(C)nc2c(c(C)nn2-c2ccc(C)cc2)c1C)C(C)C. The fourth-order valence-electron chi connectivity index (χ4n) is 4.05. The third-order valence-corrected chi connectivity index (χ3v) is 5.89. The van der Waals surface area contributed by atoms with Gasteiger partial charge in [0.1, 0.15) is 6.04 Å². The van der Waals surface area contributed by atoms with Gasteiger partial charge in [-0.05, 0) is 63.3 Å². The zero-order chi connectivity index (χ0) is 23.6. The summed E-state index contributed by atoms with van der Waals surface area (Å²) in [5.41, 5.74) is 6.89. The number of ether oxygens (including phenoxy) is 1. The van der Waals surface area contributed by atoms with Crippen LogP contribution in [-0.2, 0) is 20.7 Å². The van der Waals surface area contributed by atoms with Crippen LogP contribution in [0.1, 0.15) is 48.3 Å². The second kappa shape index (κ2) is 9.51. The van der Waals surface area contributed by atoms with Gasteiger partial charge in [-0.1, -0.05) is 31.5 Å². The quantitative estimate of drug-likeness (QED) is 0.568. The lowest BCUT2D eigenvalue weighted by molar-refractivity contribution is -0.146. The van der Waals surface area contributed by atoms with Crippen LogP contribution >= 0.6 is 0 Å². The Bertz CT molecular complexity index is 1150. The number of benzene rings is 1. The monoisotopic (exact) mass is 436 g/mol. The van der Waals surface area contributed by atoms with Crippen LogP contribution in [0.25, 0.3) is 16.7 Å². The number of carbonyl (C=O) groups excluding carboxylic acids is 2. The highest BCUT2D eigenvalue weighted by Gasteiger charge is 2.25. The standard InChI is InChI=1S/C25H32N4O3/c1-14(2)23(25(31)32-7)27-21(30)13-12-20-16(4)22-18(6)28-29(24(22)26-17(20)5)19-10-8-15(3)9-11-19/h8-11,14,23H,12-13H2,1-7H3,(H,27,30)/t23-/m1/s1. The second-order valence-electron chi connectivity index (χ2n) is 8.64. The number of hydrogen-bond donors (Lipinski definition) is 1. The normalized spacial score (nSPS) is 12.2. The van der Waals surface area contributed by atoms with Crippen molar-refractivity contribution in [3.63, 3.8) is 0 Å². The maximum atomic E-state index is 12.6. The maximum absolute atomic E-state index is 12.6. The van der Waals surface area contributed by atoms with E-state index < -0.39 is 12.0 Å². The third-order valence-electron chi connectivity index (χ3n) is 5.89. The van der Waals surface area contributed by atoms with Crippen LogP contribution in [-0.4, -0.2) is 39.8 Å². The van der Waals surface area contributed by atoms with E-state index in [2.05, 4.69) is 31.3 Å². The summed E-state index contributed by atoms with van der Waals surface area (Å²) in [6, 6.07) is 7.55. The number of fused-ring (bicyclic) bond motifs is 1. The summed E-state index contributed by atoms with van der Waals surface area (Å²) in [6.45, 7) is 11.8. The van der Waals surface area contributed by atoms with Crippen molar-refractivity contribution in [3.8, 4) is 5.69 Å². The topological polar surface area (TPSA) is 86.1 Å². The molecule has 7 nitrogen and oxygen atoms in total. The summed E-state index contributed by atoms with van der Waals surface area (Å²) in [7, 11) is 1.33. The molecule has 2 aromatic heterocycles. The fourth-order valence-corrected chi connectivity index (χ4v) is 4.05. The zero-order valence-electron chi connectivity index (χ0n) is 19.9. The van der Waals surface area contributed by atoms with Gasteiger partial charge >= 0.3 is 5.97 Å². The third kappa shape index (κ3) is 4.66. The van der Waals surface area contributed by atoms with E-state index in [0.29, 0.717) is 6.42 Å². The largest absolute Gasteiger partial charge is 0.467 e. The summed E-state index contributed by atoms with van der Waals surface area (Å²) in [4.78, 5) is 29.4. The molecule has 1 atom stereocenters. The van der Waals surface area contributed by atoms with Gasteiger partial charge in [0.15, 0.2) is 5.65 Å². The predicted octanol–water partition coefficient (Wildman–Crippen LogP) is 3.90. The molecule has 1 amide bonds. The highest BCUT2D eigenvalue weighted by atomic mass is 16.5. The van der Waals surface area contributed by atoms with Crippen LogP contribution in [0.5, 0.6) is 0 Å². The van der Waals surface area contributed by atoms with Crippen LogP contribution in [0.15, 0.2) is 24.3 Å². The van der Waals surface area contributed by atoms with Crippen LogP contribution in [0.3, 0.4) is 0 Å². The summed E-state index contributed by atoms with van der Waals surface area (Å²) in [6.07, 6.45) is 0.799. The van der Waals surface area contributed by atoms with Crippen molar-refractivity contribution in [1.82, 2.24) is 20.1 Å². The fraction of sp³-hybridized carbons (Fsp3) is 0.440. The number of methoxy groups -OCH3 is 1. The van der Waals surface area contributed by atoms with E-state index in [1.807, 2.05) is 44.5 Å². The Balaban J connectivity index is 1.87. The second-order valence-corrected chi connectivity index (χ2v) is 8.64.